The van der Waals surface area contributed by atoms with Gasteiger partial charge in [-0.25, -0.2) is 0 Å². The van der Waals surface area contributed by atoms with E-state index in [1.807, 2.05) is 26.0 Å². The van der Waals surface area contributed by atoms with E-state index in [4.69, 9.17) is 10.5 Å². The molecule has 0 aliphatic carbocycles. The Bertz CT molecular complexity index is 405. The zero-order valence-electron chi connectivity index (χ0n) is 13.3. The third-order valence-electron chi connectivity index (χ3n) is 3.06. The summed E-state index contributed by atoms with van der Waals surface area (Å²) >= 11 is 0. The molecule has 1 unspecified atom stereocenters. The molecule has 114 valence electrons. The van der Waals surface area contributed by atoms with E-state index in [1.165, 1.54) is 0 Å². The molecule has 0 fully saturated rings. The maximum atomic E-state index is 5.87. The van der Waals surface area contributed by atoms with Crippen molar-refractivity contribution in [2.24, 2.45) is 0 Å². The number of likely N-dealkylation sites (N-methyl/N-ethyl adjacent to an activating group) is 1. The lowest BCUT2D eigenvalue weighted by molar-refractivity contribution is 0.234. The van der Waals surface area contributed by atoms with Crippen molar-refractivity contribution in [1.82, 2.24) is 9.88 Å². The monoisotopic (exact) mass is 280 g/mol. The molecular formula is C15H28N4O. The summed E-state index contributed by atoms with van der Waals surface area (Å²) in [6, 6.07) is 4.04. The zero-order valence-corrected chi connectivity index (χ0v) is 13.3. The normalized spacial score (nSPS) is 12.8. The predicted molar refractivity (Wildman–Crippen MR) is 85.3 cm³/mol. The van der Waals surface area contributed by atoms with Gasteiger partial charge < -0.3 is 20.7 Å². The first-order chi connectivity index (χ1) is 9.46. The number of hydrogen-bond acceptors (Lipinski definition) is 5. The Balaban J connectivity index is 2.67. The lowest BCUT2D eigenvalue weighted by Crippen LogP contribution is -2.34. The number of hydrogen-bond donors (Lipinski definition) is 2. The highest BCUT2D eigenvalue weighted by molar-refractivity contribution is 5.53. The number of anilines is 2. The van der Waals surface area contributed by atoms with Crippen LogP contribution in [0.15, 0.2) is 12.1 Å². The van der Waals surface area contributed by atoms with Gasteiger partial charge in [0, 0.05) is 12.6 Å². The summed E-state index contributed by atoms with van der Waals surface area (Å²) in [5.41, 5.74) is 6.44. The molecule has 0 saturated carbocycles. The fraction of sp³-hybridized carbons (Fsp3) is 0.667. The summed E-state index contributed by atoms with van der Waals surface area (Å²) in [6.07, 6.45) is 0.0631. The van der Waals surface area contributed by atoms with Gasteiger partial charge >= 0.3 is 0 Å². The Labute approximate surface area is 122 Å². The van der Waals surface area contributed by atoms with E-state index >= 15 is 0 Å². The van der Waals surface area contributed by atoms with Crippen LogP contribution in [0.4, 0.5) is 11.5 Å². The minimum atomic E-state index is 0.0631. The molecule has 0 aliphatic heterocycles. The van der Waals surface area contributed by atoms with Crippen molar-refractivity contribution < 1.29 is 4.74 Å². The molecule has 0 amide bonds. The molecule has 0 aliphatic rings. The van der Waals surface area contributed by atoms with Crippen LogP contribution in [0.25, 0.3) is 0 Å². The van der Waals surface area contributed by atoms with Crippen molar-refractivity contribution in [2.75, 3.05) is 30.7 Å². The SMILES string of the molecule is CCN(CC)CC(C)Nc1ccc(N)c(OC(C)C)n1. The second-order valence-corrected chi connectivity index (χ2v) is 5.29. The van der Waals surface area contributed by atoms with E-state index in [-0.39, 0.29) is 6.10 Å². The van der Waals surface area contributed by atoms with Gasteiger partial charge in [-0.2, -0.15) is 4.98 Å². The molecule has 0 aromatic carbocycles. The summed E-state index contributed by atoms with van der Waals surface area (Å²) in [7, 11) is 0. The second-order valence-electron chi connectivity index (χ2n) is 5.29. The standard InChI is InChI=1S/C15H28N4O/c1-6-19(7-2)10-12(5)17-14-9-8-13(16)15(18-14)20-11(3)4/h8-9,11-12H,6-7,10,16H2,1-5H3,(H,17,18). The highest BCUT2D eigenvalue weighted by Gasteiger charge is 2.10. The number of rotatable bonds is 8. The third-order valence-corrected chi connectivity index (χ3v) is 3.06. The van der Waals surface area contributed by atoms with Gasteiger partial charge in [0.05, 0.1) is 11.8 Å². The molecule has 3 N–H and O–H groups in total. The van der Waals surface area contributed by atoms with Crippen molar-refractivity contribution in [3.8, 4) is 5.88 Å². The first-order valence-electron chi connectivity index (χ1n) is 7.38. The molecule has 5 heteroatoms. The molecule has 20 heavy (non-hydrogen) atoms. The van der Waals surface area contributed by atoms with Crippen LogP contribution >= 0.6 is 0 Å². The fourth-order valence-corrected chi connectivity index (χ4v) is 2.02. The van der Waals surface area contributed by atoms with E-state index in [9.17, 15) is 0 Å². The predicted octanol–water partition coefficient (Wildman–Crippen LogP) is 2.59. The average Bonchev–Trinajstić information content (AvgIpc) is 2.39. The molecule has 0 saturated heterocycles. The van der Waals surface area contributed by atoms with E-state index in [2.05, 4.69) is 36.0 Å². The van der Waals surface area contributed by atoms with Gasteiger partial charge in [0.2, 0.25) is 5.88 Å². The first kappa shape index (κ1) is 16.6. The number of pyridine rings is 1. The molecule has 0 bridgehead atoms. The lowest BCUT2D eigenvalue weighted by Gasteiger charge is -2.24. The van der Waals surface area contributed by atoms with Gasteiger partial charge in [-0.05, 0) is 46.0 Å². The van der Waals surface area contributed by atoms with Gasteiger partial charge in [0.15, 0.2) is 0 Å². The van der Waals surface area contributed by atoms with Crippen LogP contribution in [0.2, 0.25) is 0 Å². The maximum Gasteiger partial charge on any atom is 0.239 e. The number of nitrogens with one attached hydrogen (secondary N) is 1. The molecule has 5 nitrogen and oxygen atoms in total. The second kappa shape index (κ2) is 7.94. The van der Waals surface area contributed by atoms with Gasteiger partial charge in [-0.1, -0.05) is 13.8 Å². The fourth-order valence-electron chi connectivity index (χ4n) is 2.02. The molecule has 1 atom stereocenters. The highest BCUT2D eigenvalue weighted by atomic mass is 16.5. The van der Waals surface area contributed by atoms with Crippen LogP contribution in [-0.4, -0.2) is 41.7 Å². The number of nitrogens with zero attached hydrogens (tertiary/aromatic N) is 2. The third kappa shape index (κ3) is 5.25. The zero-order chi connectivity index (χ0) is 15.1. The van der Waals surface area contributed by atoms with Crippen LogP contribution in [0.5, 0.6) is 5.88 Å². The molecule has 1 aromatic rings. The van der Waals surface area contributed by atoms with Crippen molar-refractivity contribution in [3.05, 3.63) is 12.1 Å². The summed E-state index contributed by atoms with van der Waals surface area (Å²) in [5, 5.41) is 3.39. The number of nitrogen functional groups attached to an aromatic ring is 1. The summed E-state index contributed by atoms with van der Waals surface area (Å²) in [5.74, 6) is 1.30. The van der Waals surface area contributed by atoms with Crippen LogP contribution in [0.3, 0.4) is 0 Å². The number of aromatic nitrogens is 1. The first-order valence-corrected chi connectivity index (χ1v) is 7.38. The molecule has 1 heterocycles. The summed E-state index contributed by atoms with van der Waals surface area (Å²) < 4.78 is 5.60. The highest BCUT2D eigenvalue weighted by Crippen LogP contribution is 2.22. The topological polar surface area (TPSA) is 63.4 Å². The molecule has 0 spiro atoms. The smallest absolute Gasteiger partial charge is 0.239 e. The Kier molecular flexibility index (Phi) is 6.58. The van der Waals surface area contributed by atoms with Crippen molar-refractivity contribution in [3.63, 3.8) is 0 Å². The molecule has 0 radical (unpaired) electrons. The lowest BCUT2D eigenvalue weighted by atomic mass is 10.3. The largest absolute Gasteiger partial charge is 0.473 e. The Morgan fingerprint density at radius 3 is 2.45 bits per heavy atom. The van der Waals surface area contributed by atoms with Crippen molar-refractivity contribution >= 4 is 11.5 Å². The summed E-state index contributed by atoms with van der Waals surface area (Å²) in [6.45, 7) is 13.5. The summed E-state index contributed by atoms with van der Waals surface area (Å²) in [4.78, 5) is 6.81. The molecular weight excluding hydrogens is 252 g/mol. The Hall–Kier alpha value is -1.49. The number of nitrogens with two attached hydrogens (primary N) is 1. The van der Waals surface area contributed by atoms with E-state index in [0.29, 0.717) is 17.6 Å². The van der Waals surface area contributed by atoms with E-state index < -0.39 is 0 Å². The molecule has 1 rings (SSSR count). The van der Waals surface area contributed by atoms with Gasteiger partial charge in [-0.15, -0.1) is 0 Å². The Morgan fingerprint density at radius 2 is 1.90 bits per heavy atom. The van der Waals surface area contributed by atoms with E-state index in [1.54, 1.807) is 0 Å². The van der Waals surface area contributed by atoms with E-state index in [0.717, 1.165) is 25.5 Å². The van der Waals surface area contributed by atoms with Crippen LogP contribution in [-0.2, 0) is 0 Å². The minimum absolute atomic E-state index is 0.0631. The van der Waals surface area contributed by atoms with Gasteiger partial charge in [0.1, 0.15) is 5.82 Å². The minimum Gasteiger partial charge on any atom is -0.473 e. The molecule has 1 aromatic heterocycles. The number of ether oxygens (including phenoxy) is 1. The van der Waals surface area contributed by atoms with Crippen LogP contribution < -0.4 is 15.8 Å². The van der Waals surface area contributed by atoms with Crippen LogP contribution in [0.1, 0.15) is 34.6 Å². The average molecular weight is 280 g/mol. The maximum absolute atomic E-state index is 5.87. The Morgan fingerprint density at radius 1 is 1.25 bits per heavy atom. The van der Waals surface area contributed by atoms with Crippen LogP contribution in [0, 0.1) is 0 Å². The quantitative estimate of drug-likeness (QED) is 0.766. The van der Waals surface area contributed by atoms with Crippen molar-refractivity contribution in [2.45, 2.75) is 46.8 Å². The van der Waals surface area contributed by atoms with Gasteiger partial charge in [0.25, 0.3) is 0 Å². The van der Waals surface area contributed by atoms with Crippen molar-refractivity contribution in [1.29, 1.82) is 0 Å². The van der Waals surface area contributed by atoms with Gasteiger partial charge in [-0.3, -0.25) is 0 Å².